The lowest BCUT2D eigenvalue weighted by Crippen LogP contribution is -2.01. The minimum atomic E-state index is 0.750. The molecule has 0 aliphatic rings. The van der Waals surface area contributed by atoms with Crippen LogP contribution in [0.1, 0.15) is 0 Å². The molecule has 4 nitrogen and oxygen atoms in total. The summed E-state index contributed by atoms with van der Waals surface area (Å²) in [4.78, 5) is 16.7. The summed E-state index contributed by atoms with van der Waals surface area (Å²) in [5.74, 6) is 0. The average molecular weight is 458 g/mol. The molecule has 0 unspecified atom stereocenters. The monoisotopic (exact) mass is 458 g/mol. The van der Waals surface area contributed by atoms with Crippen molar-refractivity contribution < 1.29 is 9.59 Å². The summed E-state index contributed by atoms with van der Waals surface area (Å²) >= 11 is 0. The van der Waals surface area contributed by atoms with Crippen LogP contribution in [0.4, 0.5) is 0 Å². The lowest BCUT2D eigenvalue weighted by Gasteiger charge is -2.00. The first kappa shape index (κ1) is 26.5. The molecule has 0 saturated carbocycles. The van der Waals surface area contributed by atoms with E-state index in [4.69, 9.17) is 20.4 Å². The number of isocyanates is 2. The Morgan fingerprint density at radius 3 is 0.719 bits per heavy atom. The fourth-order valence-corrected chi connectivity index (χ4v) is 4.52. The minimum Gasteiger partial charge on any atom is -0.222 e. The van der Waals surface area contributed by atoms with Crippen LogP contribution in [0.15, 0.2) is 121 Å². The van der Waals surface area contributed by atoms with Crippen LogP contribution in [0.2, 0.25) is 0 Å². The Balaban J connectivity index is 0.000000258. The lowest BCUT2D eigenvalue weighted by atomic mass is 10.4. The molecule has 0 bridgehead atoms. The van der Waals surface area contributed by atoms with Gasteiger partial charge in [-0.05, 0) is 21.2 Å². The molecule has 160 valence electrons. The molecule has 0 fully saturated rings. The predicted octanol–water partition coefficient (Wildman–Crippen LogP) is 4.43. The molecular weight excluding hydrogens is 434 g/mol. The SMILES string of the molecule is N=C=O.N=C=O.c1ccc(Pc2ccccc2)cc1.c1ccc(Pc2ccccc2)cc1. The van der Waals surface area contributed by atoms with E-state index < -0.39 is 0 Å². The van der Waals surface area contributed by atoms with Crippen molar-refractivity contribution in [2.75, 3.05) is 0 Å². The highest BCUT2D eigenvalue weighted by atomic mass is 31.1. The summed E-state index contributed by atoms with van der Waals surface area (Å²) in [7, 11) is 1.55. The van der Waals surface area contributed by atoms with Gasteiger partial charge in [0.15, 0.2) is 0 Å². The number of carbonyl (C=O) groups excluding carboxylic acids is 2. The van der Waals surface area contributed by atoms with E-state index in [2.05, 4.69) is 121 Å². The zero-order chi connectivity index (χ0) is 23.3. The zero-order valence-electron chi connectivity index (χ0n) is 17.4. The Hall–Kier alpha value is -3.50. The Morgan fingerprint density at radius 2 is 0.562 bits per heavy atom. The summed E-state index contributed by atoms with van der Waals surface area (Å²) in [5, 5.41) is 16.4. The van der Waals surface area contributed by atoms with Gasteiger partial charge in [-0.2, -0.15) is 0 Å². The molecule has 4 rings (SSSR count). The quantitative estimate of drug-likeness (QED) is 0.269. The van der Waals surface area contributed by atoms with E-state index in [1.807, 2.05) is 0 Å². The topological polar surface area (TPSA) is 81.8 Å². The zero-order valence-corrected chi connectivity index (χ0v) is 19.4. The fraction of sp³-hybridized carbons (Fsp3) is 0. The maximum absolute atomic E-state index is 8.35. The molecular formula is C26H24N2O2P2. The molecule has 0 aliphatic carbocycles. The summed E-state index contributed by atoms with van der Waals surface area (Å²) < 4.78 is 0. The molecule has 2 N–H and O–H groups in total. The van der Waals surface area contributed by atoms with E-state index in [-0.39, 0.29) is 0 Å². The van der Waals surface area contributed by atoms with Crippen molar-refractivity contribution >= 4 is 50.5 Å². The third-order valence-electron chi connectivity index (χ3n) is 3.67. The molecule has 0 aliphatic heterocycles. The van der Waals surface area contributed by atoms with Crippen LogP contribution in [0, 0.1) is 10.8 Å². The van der Waals surface area contributed by atoms with Gasteiger partial charge in [-0.15, -0.1) is 0 Å². The van der Waals surface area contributed by atoms with E-state index in [1.54, 1.807) is 0 Å². The van der Waals surface area contributed by atoms with Crippen LogP contribution in [0.5, 0.6) is 0 Å². The van der Waals surface area contributed by atoms with Crippen molar-refractivity contribution in [2.45, 2.75) is 0 Å². The molecule has 0 atom stereocenters. The van der Waals surface area contributed by atoms with Gasteiger partial charge in [0.05, 0.1) is 0 Å². The van der Waals surface area contributed by atoms with E-state index in [0.29, 0.717) is 0 Å². The molecule has 4 aromatic rings. The minimum absolute atomic E-state index is 0.750. The molecule has 32 heavy (non-hydrogen) atoms. The van der Waals surface area contributed by atoms with Gasteiger partial charge < -0.3 is 0 Å². The van der Waals surface area contributed by atoms with Crippen LogP contribution in [0.25, 0.3) is 0 Å². The highest BCUT2D eigenvalue weighted by Gasteiger charge is 1.93. The van der Waals surface area contributed by atoms with Gasteiger partial charge in [0, 0.05) is 0 Å². The fourth-order valence-electron chi connectivity index (χ4n) is 2.42. The van der Waals surface area contributed by atoms with Gasteiger partial charge in [-0.25, -0.2) is 20.4 Å². The highest BCUT2D eigenvalue weighted by Crippen LogP contribution is 2.09. The predicted molar refractivity (Wildman–Crippen MR) is 138 cm³/mol. The standard InChI is InChI=1S/2C12H11P.2CHNO/c2*1-3-7-11(8-4-1)13-12-9-5-2-6-10-12;2*2-1-3/h2*1-10,13H;2*2H. The lowest BCUT2D eigenvalue weighted by molar-refractivity contribution is 0.562. The van der Waals surface area contributed by atoms with Crippen molar-refractivity contribution in [2.24, 2.45) is 0 Å². The normalized spacial score (nSPS) is 8.50. The molecule has 0 aromatic heterocycles. The summed E-state index contributed by atoms with van der Waals surface area (Å²) in [6.07, 6.45) is 1.50. The number of nitrogens with one attached hydrogen (secondary N) is 2. The Morgan fingerprint density at radius 1 is 0.406 bits per heavy atom. The van der Waals surface area contributed by atoms with E-state index in [0.717, 1.165) is 29.3 Å². The van der Waals surface area contributed by atoms with Crippen molar-refractivity contribution in [1.29, 1.82) is 10.8 Å². The van der Waals surface area contributed by atoms with Crippen LogP contribution in [-0.2, 0) is 9.59 Å². The molecule has 0 spiro atoms. The van der Waals surface area contributed by atoms with Gasteiger partial charge in [-0.1, -0.05) is 138 Å². The number of hydrogen-bond acceptors (Lipinski definition) is 4. The Labute approximate surface area is 192 Å². The van der Waals surface area contributed by atoms with E-state index in [9.17, 15) is 0 Å². The van der Waals surface area contributed by atoms with Crippen molar-refractivity contribution in [3.63, 3.8) is 0 Å². The first-order chi connectivity index (χ1) is 15.7. The van der Waals surface area contributed by atoms with Crippen molar-refractivity contribution in [1.82, 2.24) is 0 Å². The van der Waals surface area contributed by atoms with Crippen LogP contribution in [-0.4, -0.2) is 12.2 Å². The third kappa shape index (κ3) is 12.9. The molecule has 6 heteroatoms. The van der Waals surface area contributed by atoms with Gasteiger partial charge in [0.25, 0.3) is 0 Å². The van der Waals surface area contributed by atoms with Crippen LogP contribution < -0.4 is 21.2 Å². The first-order valence-electron chi connectivity index (χ1n) is 9.55. The van der Waals surface area contributed by atoms with Gasteiger partial charge in [0.1, 0.15) is 0 Å². The second-order valence-electron chi connectivity index (χ2n) is 5.92. The largest absolute Gasteiger partial charge is 0.231 e. The van der Waals surface area contributed by atoms with E-state index in [1.165, 1.54) is 21.2 Å². The van der Waals surface area contributed by atoms with Crippen LogP contribution in [0.3, 0.4) is 0 Å². The third-order valence-corrected chi connectivity index (χ3v) is 6.16. The van der Waals surface area contributed by atoms with Crippen molar-refractivity contribution in [3.05, 3.63) is 121 Å². The second kappa shape index (κ2) is 18.3. The summed E-state index contributed by atoms with van der Waals surface area (Å²) in [6.45, 7) is 0. The number of rotatable bonds is 4. The van der Waals surface area contributed by atoms with Crippen LogP contribution >= 0.6 is 17.2 Å². The Kier molecular flexibility index (Phi) is 15.2. The summed E-state index contributed by atoms with van der Waals surface area (Å²) in [6, 6.07) is 42.3. The maximum atomic E-state index is 8.35. The Bertz CT molecular complexity index is 886. The second-order valence-corrected chi connectivity index (χ2v) is 8.73. The number of hydrogen-bond donors (Lipinski definition) is 2. The number of benzene rings is 4. The molecule has 0 amide bonds. The van der Waals surface area contributed by atoms with E-state index >= 15 is 0 Å². The van der Waals surface area contributed by atoms with Crippen molar-refractivity contribution in [3.8, 4) is 0 Å². The smallest absolute Gasteiger partial charge is 0.222 e. The molecule has 0 saturated heterocycles. The van der Waals surface area contributed by atoms with Gasteiger partial charge >= 0.3 is 0 Å². The average Bonchev–Trinajstić information content (AvgIpc) is 2.83. The first-order valence-corrected chi connectivity index (χ1v) is 11.6. The maximum Gasteiger partial charge on any atom is 0.231 e. The highest BCUT2D eigenvalue weighted by molar-refractivity contribution is 7.55. The van der Waals surface area contributed by atoms with Gasteiger partial charge in [0.2, 0.25) is 12.2 Å². The molecule has 0 radical (unpaired) electrons. The van der Waals surface area contributed by atoms with Gasteiger partial charge in [-0.3, -0.25) is 0 Å². The summed E-state index contributed by atoms with van der Waals surface area (Å²) in [5.41, 5.74) is 0. The molecule has 4 aromatic carbocycles. The molecule has 0 heterocycles.